The van der Waals surface area contributed by atoms with Crippen molar-refractivity contribution in [2.75, 3.05) is 31.2 Å². The zero-order valence-corrected chi connectivity index (χ0v) is 15.7. The van der Waals surface area contributed by atoms with Crippen LogP contribution in [0.2, 0.25) is 0 Å². The van der Waals surface area contributed by atoms with Crippen LogP contribution in [-0.2, 0) is 4.74 Å². The number of ether oxygens (including phenoxy) is 1. The van der Waals surface area contributed by atoms with Crippen LogP contribution in [0, 0.1) is 20.8 Å². The summed E-state index contributed by atoms with van der Waals surface area (Å²) in [7, 11) is 0. The van der Waals surface area contributed by atoms with E-state index >= 15 is 0 Å². The molecule has 0 aromatic carbocycles. The van der Waals surface area contributed by atoms with Gasteiger partial charge < -0.3 is 9.64 Å². The van der Waals surface area contributed by atoms with Crippen molar-refractivity contribution in [2.45, 2.75) is 20.8 Å². The van der Waals surface area contributed by atoms with Crippen LogP contribution in [0.5, 0.6) is 0 Å². The summed E-state index contributed by atoms with van der Waals surface area (Å²) in [6.45, 7) is 9.72. The maximum atomic E-state index is 5.43. The van der Waals surface area contributed by atoms with E-state index in [2.05, 4.69) is 45.1 Å². The second-order valence-corrected chi connectivity index (χ2v) is 7.68. The lowest BCUT2D eigenvalue weighted by Crippen LogP contribution is -2.36. The summed E-state index contributed by atoms with van der Waals surface area (Å²) < 4.78 is 7.65. The molecule has 5 nitrogen and oxygen atoms in total. The van der Waals surface area contributed by atoms with Gasteiger partial charge in [-0.25, -0.2) is 9.97 Å². The largest absolute Gasteiger partial charge is 0.378 e. The smallest absolute Gasteiger partial charge is 0.194 e. The van der Waals surface area contributed by atoms with E-state index in [0.29, 0.717) is 0 Å². The highest BCUT2D eigenvalue weighted by molar-refractivity contribution is 7.14. The van der Waals surface area contributed by atoms with Crippen LogP contribution in [0.4, 0.5) is 5.13 Å². The van der Waals surface area contributed by atoms with Crippen LogP contribution in [0.1, 0.15) is 17.1 Å². The van der Waals surface area contributed by atoms with E-state index in [1.54, 1.807) is 22.7 Å². The third kappa shape index (κ3) is 2.76. The van der Waals surface area contributed by atoms with Crippen molar-refractivity contribution in [3.8, 4) is 16.4 Å². The van der Waals surface area contributed by atoms with Crippen molar-refractivity contribution in [2.24, 2.45) is 0 Å². The Bertz CT molecular complexity index is 858. The summed E-state index contributed by atoms with van der Waals surface area (Å²) in [4.78, 5) is 11.8. The van der Waals surface area contributed by atoms with Crippen molar-refractivity contribution in [1.82, 2.24) is 14.5 Å². The molecule has 0 atom stereocenters. The highest BCUT2D eigenvalue weighted by atomic mass is 32.1. The van der Waals surface area contributed by atoms with E-state index in [1.165, 1.54) is 17.0 Å². The minimum absolute atomic E-state index is 0.785. The maximum Gasteiger partial charge on any atom is 0.194 e. The summed E-state index contributed by atoms with van der Waals surface area (Å²) >= 11 is 3.39. The van der Waals surface area contributed by atoms with Gasteiger partial charge >= 0.3 is 0 Å². The molecule has 1 fully saturated rings. The summed E-state index contributed by atoms with van der Waals surface area (Å²) in [5, 5.41) is 6.36. The standard InChI is InChI=1S/C17H20N4OS2/c1-11-9-23-17(18-11)21-12(2)8-14(13(21)3)15-10-24-16(19-15)20-4-6-22-7-5-20/h8-10H,4-7H2,1-3H3. The van der Waals surface area contributed by atoms with Crippen molar-refractivity contribution in [1.29, 1.82) is 0 Å². The van der Waals surface area contributed by atoms with E-state index in [1.807, 2.05) is 6.92 Å². The molecular weight excluding hydrogens is 340 g/mol. The minimum atomic E-state index is 0.785. The van der Waals surface area contributed by atoms with Gasteiger partial charge in [-0.15, -0.1) is 22.7 Å². The zero-order valence-electron chi connectivity index (χ0n) is 14.1. The van der Waals surface area contributed by atoms with E-state index in [4.69, 9.17) is 9.72 Å². The lowest BCUT2D eigenvalue weighted by Gasteiger charge is -2.26. The Morgan fingerprint density at radius 2 is 1.75 bits per heavy atom. The number of thiazole rings is 2. The Morgan fingerprint density at radius 1 is 1.00 bits per heavy atom. The molecule has 3 aromatic heterocycles. The lowest BCUT2D eigenvalue weighted by molar-refractivity contribution is 0.122. The van der Waals surface area contributed by atoms with Crippen LogP contribution in [0.3, 0.4) is 0 Å². The summed E-state index contributed by atoms with van der Waals surface area (Å²) in [6.07, 6.45) is 0. The molecule has 126 valence electrons. The second kappa shape index (κ2) is 6.31. The molecule has 0 radical (unpaired) electrons. The van der Waals surface area contributed by atoms with Crippen molar-refractivity contribution in [3.63, 3.8) is 0 Å². The van der Waals surface area contributed by atoms with Crippen molar-refractivity contribution >= 4 is 27.8 Å². The Morgan fingerprint density at radius 3 is 2.46 bits per heavy atom. The van der Waals surface area contributed by atoms with Crippen LogP contribution < -0.4 is 4.90 Å². The molecule has 4 rings (SSSR count). The normalized spacial score (nSPS) is 15.2. The molecule has 24 heavy (non-hydrogen) atoms. The average Bonchev–Trinajstić information content (AvgIpc) is 3.28. The predicted octanol–water partition coefficient (Wildman–Crippen LogP) is 3.82. The molecule has 0 amide bonds. The Hall–Kier alpha value is -1.70. The van der Waals surface area contributed by atoms with E-state index < -0.39 is 0 Å². The van der Waals surface area contributed by atoms with Gasteiger partial charge in [0.25, 0.3) is 0 Å². The molecule has 3 aromatic rings. The molecule has 7 heteroatoms. The molecule has 0 aliphatic carbocycles. The van der Waals surface area contributed by atoms with Gasteiger partial charge in [-0.3, -0.25) is 4.57 Å². The number of aromatic nitrogens is 3. The fraction of sp³-hybridized carbons (Fsp3) is 0.412. The van der Waals surface area contributed by atoms with E-state index in [-0.39, 0.29) is 0 Å². The Balaban J connectivity index is 1.69. The first-order chi connectivity index (χ1) is 11.6. The first kappa shape index (κ1) is 15.8. The maximum absolute atomic E-state index is 5.43. The second-order valence-electron chi connectivity index (χ2n) is 6.01. The van der Waals surface area contributed by atoms with Gasteiger partial charge in [0.05, 0.1) is 24.6 Å². The number of hydrogen-bond acceptors (Lipinski definition) is 6. The van der Waals surface area contributed by atoms with Gasteiger partial charge in [0.1, 0.15) is 0 Å². The van der Waals surface area contributed by atoms with Crippen LogP contribution in [0.15, 0.2) is 16.8 Å². The topological polar surface area (TPSA) is 43.2 Å². The van der Waals surface area contributed by atoms with Gasteiger partial charge in [-0.1, -0.05) is 0 Å². The summed E-state index contributed by atoms with van der Waals surface area (Å²) in [5.74, 6) is 0. The van der Waals surface area contributed by atoms with Gasteiger partial charge in [0.2, 0.25) is 0 Å². The van der Waals surface area contributed by atoms with Crippen molar-refractivity contribution < 1.29 is 4.74 Å². The number of aryl methyl sites for hydroxylation is 2. The SMILES string of the molecule is Cc1csc(-n2c(C)cc(-c3csc(N4CCOCC4)n3)c2C)n1. The van der Waals surface area contributed by atoms with Gasteiger partial charge in [0.15, 0.2) is 10.3 Å². The number of morpholine rings is 1. The molecule has 0 saturated carbocycles. The van der Waals surface area contributed by atoms with E-state index in [0.717, 1.165) is 48.0 Å². The predicted molar refractivity (Wildman–Crippen MR) is 99.8 cm³/mol. The molecule has 1 aliphatic heterocycles. The number of nitrogens with zero attached hydrogens (tertiary/aromatic N) is 4. The van der Waals surface area contributed by atoms with Crippen LogP contribution >= 0.6 is 22.7 Å². The summed E-state index contributed by atoms with van der Waals surface area (Å²) in [5.41, 5.74) is 5.69. The number of rotatable bonds is 3. The average molecular weight is 361 g/mol. The monoisotopic (exact) mass is 360 g/mol. The lowest BCUT2D eigenvalue weighted by atomic mass is 10.2. The molecule has 1 saturated heterocycles. The molecule has 0 spiro atoms. The number of hydrogen-bond donors (Lipinski definition) is 0. The van der Waals surface area contributed by atoms with Crippen molar-refractivity contribution in [3.05, 3.63) is 33.9 Å². The zero-order chi connectivity index (χ0) is 16.7. The quantitative estimate of drug-likeness (QED) is 0.712. The molecule has 1 aliphatic rings. The van der Waals surface area contributed by atoms with Crippen LogP contribution in [0.25, 0.3) is 16.4 Å². The minimum Gasteiger partial charge on any atom is -0.378 e. The first-order valence-corrected chi connectivity index (χ1v) is 9.79. The van der Waals surface area contributed by atoms with Gasteiger partial charge in [-0.2, -0.15) is 0 Å². The summed E-state index contributed by atoms with van der Waals surface area (Å²) in [6, 6.07) is 2.21. The van der Waals surface area contributed by atoms with Gasteiger partial charge in [-0.05, 0) is 26.8 Å². The Labute approximate surface area is 149 Å². The third-order valence-electron chi connectivity index (χ3n) is 4.28. The highest BCUT2D eigenvalue weighted by Crippen LogP contribution is 2.33. The molecule has 4 heterocycles. The van der Waals surface area contributed by atoms with Crippen LogP contribution in [-0.4, -0.2) is 40.8 Å². The highest BCUT2D eigenvalue weighted by Gasteiger charge is 2.19. The molecule has 0 bridgehead atoms. The molecule has 0 N–H and O–H groups in total. The molecule has 0 unspecified atom stereocenters. The fourth-order valence-corrected chi connectivity index (χ4v) is 4.84. The first-order valence-electron chi connectivity index (χ1n) is 8.03. The Kier molecular flexibility index (Phi) is 4.15. The molecular formula is C17H20N4OS2. The number of anilines is 1. The third-order valence-corrected chi connectivity index (χ3v) is 6.12. The van der Waals surface area contributed by atoms with E-state index in [9.17, 15) is 0 Å². The van der Waals surface area contributed by atoms with Gasteiger partial charge in [0, 0.05) is 40.8 Å². The fourth-order valence-electron chi connectivity index (χ4n) is 3.05.